The number of likely N-dealkylation sites (N-methyl/N-ethyl adjacent to an activating group) is 2. The Morgan fingerprint density at radius 2 is 1.85 bits per heavy atom. The van der Waals surface area contributed by atoms with Gasteiger partial charge >= 0.3 is 0 Å². The van der Waals surface area contributed by atoms with Crippen LogP contribution in [0.5, 0.6) is 0 Å². The number of halogens is 2. The lowest BCUT2D eigenvalue weighted by Crippen LogP contribution is -2.41. The van der Waals surface area contributed by atoms with Crippen LogP contribution in [0, 0.1) is 0 Å². The predicted molar refractivity (Wildman–Crippen MR) is 88.8 cm³/mol. The molecular formula is C14H25Cl2N3O. The summed E-state index contributed by atoms with van der Waals surface area (Å²) in [6.07, 6.45) is 0. The molecule has 1 atom stereocenters. The second-order valence-electron chi connectivity index (χ2n) is 4.65. The van der Waals surface area contributed by atoms with Crippen LogP contribution in [0.1, 0.15) is 12.5 Å². The third-order valence-corrected chi connectivity index (χ3v) is 2.81. The number of amides is 1. The van der Waals surface area contributed by atoms with Gasteiger partial charge in [-0.15, -0.1) is 24.8 Å². The highest BCUT2D eigenvalue weighted by Gasteiger charge is 2.07. The topological polar surface area (TPSA) is 44.4 Å². The van der Waals surface area contributed by atoms with Crippen molar-refractivity contribution in [3.05, 3.63) is 35.9 Å². The Kier molecular flexibility index (Phi) is 12.9. The van der Waals surface area contributed by atoms with Gasteiger partial charge in [-0.25, -0.2) is 0 Å². The highest BCUT2D eigenvalue weighted by Crippen LogP contribution is 2.01. The van der Waals surface area contributed by atoms with Crippen molar-refractivity contribution in [1.82, 2.24) is 15.5 Å². The monoisotopic (exact) mass is 321 g/mol. The van der Waals surface area contributed by atoms with E-state index in [4.69, 9.17) is 0 Å². The number of nitrogens with one attached hydrogen (secondary N) is 2. The molecule has 4 nitrogen and oxygen atoms in total. The molecule has 0 aliphatic heterocycles. The van der Waals surface area contributed by atoms with Crippen molar-refractivity contribution in [2.24, 2.45) is 0 Å². The van der Waals surface area contributed by atoms with Gasteiger partial charge in [0, 0.05) is 19.1 Å². The summed E-state index contributed by atoms with van der Waals surface area (Å²) in [6, 6.07) is 10.5. The van der Waals surface area contributed by atoms with Gasteiger partial charge in [0.1, 0.15) is 0 Å². The van der Waals surface area contributed by atoms with Crippen LogP contribution in [0.4, 0.5) is 0 Å². The van der Waals surface area contributed by atoms with Crippen molar-refractivity contribution in [1.29, 1.82) is 0 Å². The second kappa shape index (κ2) is 12.0. The summed E-state index contributed by atoms with van der Waals surface area (Å²) in [7, 11) is 3.84. The van der Waals surface area contributed by atoms with E-state index in [1.807, 2.05) is 44.1 Å². The molecule has 0 heterocycles. The van der Waals surface area contributed by atoms with Gasteiger partial charge in [-0.05, 0) is 26.6 Å². The van der Waals surface area contributed by atoms with Crippen LogP contribution in [-0.4, -0.2) is 44.0 Å². The lowest BCUT2D eigenvalue weighted by atomic mass is 10.2. The maximum atomic E-state index is 11.7. The molecule has 1 unspecified atom stereocenters. The van der Waals surface area contributed by atoms with Gasteiger partial charge < -0.3 is 10.6 Å². The van der Waals surface area contributed by atoms with E-state index >= 15 is 0 Å². The third-order valence-electron chi connectivity index (χ3n) is 2.81. The standard InChI is InChI=1S/C14H23N3O.2ClH/c1-12(15-2)9-16-14(18)11-17(3)10-13-7-5-4-6-8-13;;/h4-8,12,15H,9-11H2,1-3H3,(H,16,18);2*1H. The molecule has 0 bridgehead atoms. The molecule has 0 aromatic heterocycles. The van der Waals surface area contributed by atoms with E-state index in [0.29, 0.717) is 19.1 Å². The average molecular weight is 322 g/mol. The first-order chi connectivity index (χ1) is 8.61. The highest BCUT2D eigenvalue weighted by atomic mass is 35.5. The smallest absolute Gasteiger partial charge is 0.234 e. The molecule has 0 spiro atoms. The summed E-state index contributed by atoms with van der Waals surface area (Å²) in [5.41, 5.74) is 1.22. The Morgan fingerprint density at radius 3 is 2.40 bits per heavy atom. The number of carbonyl (C=O) groups excluding carboxylic acids is 1. The van der Waals surface area contributed by atoms with E-state index in [2.05, 4.69) is 22.8 Å². The zero-order valence-electron chi connectivity index (χ0n) is 12.3. The Labute approximate surface area is 134 Å². The van der Waals surface area contributed by atoms with Gasteiger partial charge in [-0.1, -0.05) is 30.3 Å². The average Bonchev–Trinajstić information content (AvgIpc) is 2.37. The normalized spacial score (nSPS) is 11.2. The molecule has 20 heavy (non-hydrogen) atoms. The number of hydrogen-bond donors (Lipinski definition) is 2. The Bertz CT molecular complexity index is 363. The quantitative estimate of drug-likeness (QED) is 0.803. The summed E-state index contributed by atoms with van der Waals surface area (Å²) < 4.78 is 0. The fourth-order valence-corrected chi connectivity index (χ4v) is 1.62. The van der Waals surface area contributed by atoms with E-state index in [1.54, 1.807) is 0 Å². The van der Waals surface area contributed by atoms with E-state index < -0.39 is 0 Å². The lowest BCUT2D eigenvalue weighted by Gasteiger charge is -2.17. The summed E-state index contributed by atoms with van der Waals surface area (Å²) in [5, 5.41) is 5.99. The fraction of sp³-hybridized carbons (Fsp3) is 0.500. The Balaban J connectivity index is 0. The molecule has 0 saturated heterocycles. The maximum absolute atomic E-state index is 11.7. The minimum Gasteiger partial charge on any atom is -0.353 e. The van der Waals surface area contributed by atoms with E-state index in [9.17, 15) is 4.79 Å². The molecule has 0 fully saturated rings. The summed E-state index contributed by atoms with van der Waals surface area (Å²) in [6.45, 7) is 3.91. The van der Waals surface area contributed by atoms with E-state index in [0.717, 1.165) is 6.54 Å². The first-order valence-electron chi connectivity index (χ1n) is 6.28. The van der Waals surface area contributed by atoms with Crippen molar-refractivity contribution in [2.45, 2.75) is 19.5 Å². The number of rotatable bonds is 7. The van der Waals surface area contributed by atoms with Gasteiger partial charge in [-0.3, -0.25) is 9.69 Å². The van der Waals surface area contributed by atoms with Crippen LogP contribution in [0.3, 0.4) is 0 Å². The second-order valence-corrected chi connectivity index (χ2v) is 4.65. The molecule has 2 N–H and O–H groups in total. The summed E-state index contributed by atoms with van der Waals surface area (Å²) >= 11 is 0. The van der Waals surface area contributed by atoms with Gasteiger partial charge in [0.25, 0.3) is 0 Å². The van der Waals surface area contributed by atoms with Crippen molar-refractivity contribution >= 4 is 30.7 Å². The van der Waals surface area contributed by atoms with Crippen LogP contribution < -0.4 is 10.6 Å². The zero-order valence-corrected chi connectivity index (χ0v) is 13.9. The van der Waals surface area contributed by atoms with Crippen molar-refractivity contribution in [2.75, 3.05) is 27.2 Å². The fourth-order valence-electron chi connectivity index (χ4n) is 1.62. The van der Waals surface area contributed by atoms with Crippen molar-refractivity contribution in [3.8, 4) is 0 Å². The predicted octanol–water partition coefficient (Wildman–Crippen LogP) is 1.69. The number of nitrogens with zero attached hydrogens (tertiary/aromatic N) is 1. The first kappa shape index (κ1) is 21.5. The van der Waals surface area contributed by atoms with Crippen LogP contribution in [0.25, 0.3) is 0 Å². The molecule has 0 aliphatic rings. The summed E-state index contributed by atoms with van der Waals surface area (Å²) in [5.74, 6) is 0.0653. The van der Waals surface area contributed by atoms with Gasteiger partial charge in [0.05, 0.1) is 6.54 Å². The lowest BCUT2D eigenvalue weighted by molar-refractivity contribution is -0.122. The molecule has 6 heteroatoms. The molecule has 1 rings (SSSR count). The highest BCUT2D eigenvalue weighted by molar-refractivity contribution is 5.85. The van der Waals surface area contributed by atoms with Crippen molar-refractivity contribution < 1.29 is 4.79 Å². The maximum Gasteiger partial charge on any atom is 0.234 e. The van der Waals surface area contributed by atoms with Crippen LogP contribution in [0.2, 0.25) is 0 Å². The minimum atomic E-state index is 0. The van der Waals surface area contributed by atoms with E-state index in [-0.39, 0.29) is 30.7 Å². The van der Waals surface area contributed by atoms with E-state index in [1.165, 1.54) is 5.56 Å². The Hall–Kier alpha value is -0.810. The van der Waals surface area contributed by atoms with Gasteiger partial charge in [0.2, 0.25) is 5.91 Å². The van der Waals surface area contributed by atoms with Crippen molar-refractivity contribution in [3.63, 3.8) is 0 Å². The van der Waals surface area contributed by atoms with Gasteiger partial charge in [-0.2, -0.15) is 0 Å². The molecule has 1 aromatic rings. The largest absolute Gasteiger partial charge is 0.353 e. The zero-order chi connectivity index (χ0) is 13.4. The third kappa shape index (κ3) is 9.15. The molecular weight excluding hydrogens is 297 g/mol. The van der Waals surface area contributed by atoms with Crippen LogP contribution in [-0.2, 0) is 11.3 Å². The molecule has 0 saturated carbocycles. The molecule has 1 amide bonds. The molecule has 1 aromatic carbocycles. The summed E-state index contributed by atoms with van der Waals surface area (Å²) in [4.78, 5) is 13.7. The molecule has 116 valence electrons. The van der Waals surface area contributed by atoms with Crippen LogP contribution >= 0.6 is 24.8 Å². The molecule has 0 radical (unpaired) electrons. The Morgan fingerprint density at radius 1 is 1.25 bits per heavy atom. The number of benzene rings is 1. The number of hydrogen-bond acceptors (Lipinski definition) is 3. The first-order valence-corrected chi connectivity index (χ1v) is 6.28. The van der Waals surface area contributed by atoms with Crippen LogP contribution in [0.15, 0.2) is 30.3 Å². The van der Waals surface area contributed by atoms with Gasteiger partial charge in [0.15, 0.2) is 0 Å². The number of carbonyl (C=O) groups is 1. The SMILES string of the molecule is CNC(C)CNC(=O)CN(C)Cc1ccccc1.Cl.Cl. The minimum absolute atomic E-state index is 0. The molecule has 0 aliphatic carbocycles.